The van der Waals surface area contributed by atoms with E-state index in [4.69, 9.17) is 15.1 Å². The zero-order valence-electron chi connectivity index (χ0n) is 17.8. The van der Waals surface area contributed by atoms with Crippen LogP contribution in [0.4, 0.5) is 5.69 Å². The molecule has 0 atom stereocenters. The van der Waals surface area contributed by atoms with Gasteiger partial charge in [0.05, 0.1) is 17.3 Å². The Labute approximate surface area is 194 Å². The van der Waals surface area contributed by atoms with Crippen LogP contribution in [-0.4, -0.2) is 37.3 Å². The van der Waals surface area contributed by atoms with Gasteiger partial charge in [0, 0.05) is 29.2 Å². The molecule has 0 saturated carbocycles. The third-order valence-electron chi connectivity index (χ3n) is 4.98. The Kier molecular flexibility index (Phi) is 5.61. The minimum Gasteiger partial charge on any atom is -0.484 e. The van der Waals surface area contributed by atoms with Gasteiger partial charge in [-0.05, 0) is 60.7 Å². The summed E-state index contributed by atoms with van der Waals surface area (Å²) in [6.07, 6.45) is 3.40. The molecular formula is C25H17N7O2. The van der Waals surface area contributed by atoms with Crippen molar-refractivity contribution in [1.82, 2.24) is 24.8 Å². The van der Waals surface area contributed by atoms with Crippen molar-refractivity contribution >= 4 is 17.2 Å². The van der Waals surface area contributed by atoms with Crippen LogP contribution < -0.4 is 10.1 Å². The molecule has 3 heterocycles. The first-order valence-corrected chi connectivity index (χ1v) is 10.4. The normalized spacial score (nSPS) is 10.6. The van der Waals surface area contributed by atoms with Gasteiger partial charge < -0.3 is 10.1 Å². The Morgan fingerprint density at radius 1 is 1.00 bits per heavy atom. The predicted molar refractivity (Wildman–Crippen MR) is 125 cm³/mol. The number of anilines is 1. The molecule has 0 spiro atoms. The van der Waals surface area contributed by atoms with Gasteiger partial charge in [0.25, 0.3) is 5.91 Å². The quantitative estimate of drug-likeness (QED) is 0.421. The first-order valence-electron chi connectivity index (χ1n) is 10.4. The highest BCUT2D eigenvalue weighted by Gasteiger charge is 2.12. The van der Waals surface area contributed by atoms with Crippen molar-refractivity contribution in [2.45, 2.75) is 0 Å². The Morgan fingerprint density at radius 2 is 1.85 bits per heavy atom. The maximum atomic E-state index is 12.4. The highest BCUT2D eigenvalue weighted by atomic mass is 16.5. The number of nitrogens with one attached hydrogen (secondary N) is 1. The SMILES string of the molecule is N#Cc1ccc(OCC(=O)Nc2cccc(-c3ccc4nnc(-c5cccnc5)n4n3)c2)cc1. The fourth-order valence-electron chi connectivity index (χ4n) is 3.35. The largest absolute Gasteiger partial charge is 0.484 e. The Morgan fingerprint density at radius 3 is 2.65 bits per heavy atom. The number of benzene rings is 2. The lowest BCUT2D eigenvalue weighted by atomic mass is 10.1. The van der Waals surface area contributed by atoms with Gasteiger partial charge in [0.1, 0.15) is 5.75 Å². The molecule has 0 aliphatic heterocycles. The van der Waals surface area contributed by atoms with E-state index in [-0.39, 0.29) is 12.5 Å². The first kappa shape index (κ1) is 20.8. The minimum absolute atomic E-state index is 0.157. The Bertz CT molecular complexity index is 1510. The van der Waals surface area contributed by atoms with Gasteiger partial charge in [0.15, 0.2) is 18.1 Å². The number of rotatable bonds is 6. The van der Waals surface area contributed by atoms with E-state index in [1.807, 2.05) is 48.5 Å². The Hall–Kier alpha value is -5.10. The van der Waals surface area contributed by atoms with Crippen LogP contribution in [0, 0.1) is 11.3 Å². The average Bonchev–Trinajstić information content (AvgIpc) is 3.32. The van der Waals surface area contributed by atoms with Crippen LogP contribution in [0.15, 0.2) is 85.2 Å². The summed E-state index contributed by atoms with van der Waals surface area (Å²) in [7, 11) is 0. The molecule has 0 radical (unpaired) electrons. The highest BCUT2D eigenvalue weighted by Crippen LogP contribution is 2.23. The van der Waals surface area contributed by atoms with Gasteiger partial charge in [-0.1, -0.05) is 12.1 Å². The molecule has 0 bridgehead atoms. The van der Waals surface area contributed by atoms with Crippen molar-refractivity contribution in [2.75, 3.05) is 11.9 Å². The van der Waals surface area contributed by atoms with Crippen molar-refractivity contribution in [3.8, 4) is 34.5 Å². The van der Waals surface area contributed by atoms with Gasteiger partial charge in [-0.2, -0.15) is 14.9 Å². The second-order valence-corrected chi connectivity index (χ2v) is 7.31. The highest BCUT2D eigenvalue weighted by molar-refractivity contribution is 5.92. The number of fused-ring (bicyclic) bond motifs is 1. The lowest BCUT2D eigenvalue weighted by molar-refractivity contribution is -0.118. The molecule has 1 N–H and O–H groups in total. The topological polar surface area (TPSA) is 118 Å². The Balaban J connectivity index is 1.32. The zero-order chi connectivity index (χ0) is 23.3. The van der Waals surface area contributed by atoms with Crippen LogP contribution in [0.3, 0.4) is 0 Å². The van der Waals surface area contributed by atoms with Crippen LogP contribution >= 0.6 is 0 Å². The van der Waals surface area contributed by atoms with Crippen LogP contribution in [-0.2, 0) is 4.79 Å². The molecule has 34 heavy (non-hydrogen) atoms. The van der Waals surface area contributed by atoms with E-state index in [0.717, 1.165) is 11.1 Å². The lowest BCUT2D eigenvalue weighted by Gasteiger charge is -2.09. The summed E-state index contributed by atoms with van der Waals surface area (Å²) in [5.74, 6) is 0.802. The number of carbonyl (C=O) groups excluding carboxylic acids is 1. The number of aromatic nitrogens is 5. The first-order chi connectivity index (χ1) is 16.7. The third kappa shape index (κ3) is 4.42. The predicted octanol–water partition coefficient (Wildman–Crippen LogP) is 3.74. The van der Waals surface area contributed by atoms with E-state index in [9.17, 15) is 4.79 Å². The molecular weight excluding hydrogens is 430 g/mol. The van der Waals surface area contributed by atoms with Gasteiger partial charge in [0.2, 0.25) is 0 Å². The molecule has 5 rings (SSSR count). The van der Waals surface area contributed by atoms with Crippen molar-refractivity contribution in [3.05, 3.63) is 90.8 Å². The molecule has 5 aromatic rings. The fraction of sp³-hybridized carbons (Fsp3) is 0.0400. The maximum Gasteiger partial charge on any atom is 0.262 e. The number of nitriles is 1. The second-order valence-electron chi connectivity index (χ2n) is 7.31. The molecule has 2 aromatic carbocycles. The van der Waals surface area contributed by atoms with Crippen LogP contribution in [0.1, 0.15) is 5.56 Å². The van der Waals surface area contributed by atoms with Crippen molar-refractivity contribution in [1.29, 1.82) is 5.26 Å². The molecule has 164 valence electrons. The summed E-state index contributed by atoms with van der Waals surface area (Å²) in [5, 5.41) is 24.8. The summed E-state index contributed by atoms with van der Waals surface area (Å²) in [6.45, 7) is -0.157. The summed E-state index contributed by atoms with van der Waals surface area (Å²) >= 11 is 0. The fourth-order valence-corrected chi connectivity index (χ4v) is 3.35. The van der Waals surface area contributed by atoms with E-state index >= 15 is 0 Å². The van der Waals surface area contributed by atoms with Crippen LogP contribution in [0.5, 0.6) is 5.75 Å². The number of ether oxygens (including phenoxy) is 1. The number of hydrogen-bond acceptors (Lipinski definition) is 7. The van der Waals surface area contributed by atoms with Crippen molar-refractivity contribution in [2.24, 2.45) is 0 Å². The molecule has 9 heteroatoms. The molecule has 9 nitrogen and oxygen atoms in total. The summed E-state index contributed by atoms with van der Waals surface area (Å²) < 4.78 is 7.16. The van der Waals surface area contributed by atoms with Crippen LogP contribution in [0.2, 0.25) is 0 Å². The molecule has 0 aliphatic carbocycles. The number of hydrogen-bond donors (Lipinski definition) is 1. The standard InChI is InChI=1S/C25H17N7O2/c26-14-17-6-8-21(9-7-17)34-16-24(33)28-20-5-1-3-18(13-20)22-10-11-23-29-30-25(32(23)31-22)19-4-2-12-27-15-19/h1-13,15H,16H2,(H,28,33). The lowest BCUT2D eigenvalue weighted by Crippen LogP contribution is -2.20. The third-order valence-corrected chi connectivity index (χ3v) is 4.98. The van der Waals surface area contributed by atoms with E-state index in [1.54, 1.807) is 47.2 Å². The molecule has 3 aromatic heterocycles. The van der Waals surface area contributed by atoms with Gasteiger partial charge in [-0.3, -0.25) is 9.78 Å². The maximum absolute atomic E-state index is 12.4. The van der Waals surface area contributed by atoms with Gasteiger partial charge in [-0.15, -0.1) is 10.2 Å². The molecule has 0 saturated heterocycles. The van der Waals surface area contributed by atoms with Gasteiger partial charge in [-0.25, -0.2) is 0 Å². The summed E-state index contributed by atoms with van der Waals surface area (Å²) in [4.78, 5) is 16.5. The van der Waals surface area contributed by atoms with E-state index in [1.165, 1.54) is 0 Å². The molecule has 0 unspecified atom stereocenters. The van der Waals surface area contributed by atoms with E-state index in [2.05, 4.69) is 20.5 Å². The van der Waals surface area contributed by atoms with Crippen molar-refractivity contribution in [3.63, 3.8) is 0 Å². The monoisotopic (exact) mass is 447 g/mol. The number of amides is 1. The van der Waals surface area contributed by atoms with Crippen LogP contribution in [0.25, 0.3) is 28.3 Å². The van der Waals surface area contributed by atoms with Gasteiger partial charge >= 0.3 is 0 Å². The summed E-state index contributed by atoms with van der Waals surface area (Å²) in [5.41, 5.74) is 4.08. The summed E-state index contributed by atoms with van der Waals surface area (Å²) in [6, 6.07) is 23.4. The molecule has 0 aliphatic rings. The number of pyridine rings is 1. The number of nitrogens with zero attached hydrogens (tertiary/aromatic N) is 6. The smallest absolute Gasteiger partial charge is 0.262 e. The molecule has 0 fully saturated rings. The van der Waals surface area contributed by atoms with Crippen molar-refractivity contribution < 1.29 is 9.53 Å². The zero-order valence-corrected chi connectivity index (χ0v) is 17.8. The number of carbonyl (C=O) groups is 1. The minimum atomic E-state index is -0.303. The van der Waals surface area contributed by atoms with E-state index < -0.39 is 0 Å². The second kappa shape index (κ2) is 9.18. The average molecular weight is 447 g/mol. The van der Waals surface area contributed by atoms with E-state index in [0.29, 0.717) is 34.2 Å². The molecule has 1 amide bonds.